The first kappa shape index (κ1) is 99.7. The third-order valence-corrected chi connectivity index (χ3v) is 22.0. The van der Waals surface area contributed by atoms with Crippen molar-refractivity contribution in [1.29, 1.82) is 0 Å². The number of hydrogen-bond donors (Lipinski definition) is 3. The lowest BCUT2D eigenvalue weighted by Crippen LogP contribution is -2.31. The third kappa shape index (κ3) is 61.5. The first-order valence-electron chi connectivity index (χ1n) is 45.4. The fraction of sp³-hybridized carbons (Fsp3) is 0.848. The molecular weight excluding hydrogens is 1320 g/mol. The summed E-state index contributed by atoms with van der Waals surface area (Å²) in [5.74, 6) is 0.694. The third-order valence-electron chi connectivity index (χ3n) is 22.0. The number of esters is 3. The average Bonchev–Trinajstić information content (AvgIpc) is 0.848. The Balaban J connectivity index is 0.00000106. The highest BCUT2D eigenvalue weighted by molar-refractivity contribution is 5.74. The van der Waals surface area contributed by atoms with E-state index in [1.807, 2.05) is 24.5 Å². The molecule has 14 nitrogen and oxygen atoms in total. The fourth-order valence-electron chi connectivity index (χ4n) is 14.8. The summed E-state index contributed by atoms with van der Waals surface area (Å²) in [4.78, 5) is 63.5. The summed E-state index contributed by atoms with van der Waals surface area (Å²) in [5.41, 5.74) is 13.6. The van der Waals surface area contributed by atoms with E-state index in [1.165, 1.54) is 223 Å². The van der Waals surface area contributed by atoms with Crippen LogP contribution in [0.3, 0.4) is 0 Å². The zero-order chi connectivity index (χ0) is 77.1. The van der Waals surface area contributed by atoms with Crippen molar-refractivity contribution in [3.63, 3.8) is 0 Å². The normalized spacial score (nSPS) is 12.3. The topological polar surface area (TPSA) is 200 Å². The van der Waals surface area contributed by atoms with Crippen LogP contribution in [-0.4, -0.2) is 108 Å². The first-order chi connectivity index (χ1) is 51.9. The van der Waals surface area contributed by atoms with Crippen molar-refractivity contribution >= 4 is 35.5 Å². The summed E-state index contributed by atoms with van der Waals surface area (Å²) in [5, 5.41) is 10.5. The molecule has 0 spiro atoms. The molecule has 2 aromatic rings. The Morgan fingerprint density at radius 1 is 0.349 bits per heavy atom. The van der Waals surface area contributed by atoms with Crippen molar-refractivity contribution in [2.24, 2.45) is 11.3 Å². The Hall–Kier alpha value is -4.30. The van der Waals surface area contributed by atoms with Crippen LogP contribution in [0.2, 0.25) is 0 Å². The zero-order valence-electron chi connectivity index (χ0n) is 70.3. The van der Waals surface area contributed by atoms with E-state index < -0.39 is 11.4 Å². The highest BCUT2D eigenvalue weighted by Gasteiger charge is 2.36. The van der Waals surface area contributed by atoms with Crippen LogP contribution in [0.25, 0.3) is 0 Å². The minimum Gasteiger partial charge on any atom is -0.481 e. The maximum atomic E-state index is 13.0. The Labute approximate surface area is 653 Å². The number of hydrogen-bond acceptors (Lipinski definition) is 13. The van der Waals surface area contributed by atoms with Crippen LogP contribution in [0.1, 0.15) is 431 Å². The summed E-state index contributed by atoms with van der Waals surface area (Å²) < 4.78 is 16.8. The van der Waals surface area contributed by atoms with Crippen molar-refractivity contribution in [1.82, 2.24) is 19.8 Å². The highest BCUT2D eigenvalue weighted by atomic mass is 16.5. The lowest BCUT2D eigenvalue weighted by atomic mass is 9.74. The van der Waals surface area contributed by atoms with E-state index in [9.17, 15) is 24.3 Å². The number of rotatable bonds is 78. The fourth-order valence-corrected chi connectivity index (χ4v) is 14.8. The van der Waals surface area contributed by atoms with Gasteiger partial charge >= 0.3 is 23.9 Å². The largest absolute Gasteiger partial charge is 0.481 e. The van der Waals surface area contributed by atoms with Crippen LogP contribution in [0.5, 0.6) is 0 Å². The van der Waals surface area contributed by atoms with Gasteiger partial charge in [-0.05, 0) is 152 Å². The van der Waals surface area contributed by atoms with Gasteiger partial charge < -0.3 is 40.6 Å². The van der Waals surface area contributed by atoms with E-state index in [0.29, 0.717) is 44.3 Å². The van der Waals surface area contributed by atoms with E-state index >= 15 is 0 Å². The molecule has 2 heterocycles. The van der Waals surface area contributed by atoms with Crippen LogP contribution in [0.15, 0.2) is 36.7 Å². The molecule has 0 fully saturated rings. The zero-order valence-corrected chi connectivity index (χ0v) is 70.3. The SMILES string of the molecule is CCCCCCCCC(=O)OCCCCCCCCN(CCCCCCC(CCCCCC)(CCCCCCCC)C(=O)O)CCc1ccc(N)nc1.CCCCCCCCC(=O)OCCCCCCCCN(CCCCCCOC(=O)C(CCCCCC)CCCCCCCC)CCc1ccc(N)nc1. The van der Waals surface area contributed by atoms with Crippen LogP contribution in [0.4, 0.5) is 11.6 Å². The molecule has 0 saturated heterocycles. The summed E-state index contributed by atoms with van der Waals surface area (Å²) >= 11 is 0. The van der Waals surface area contributed by atoms with Gasteiger partial charge in [0.25, 0.3) is 0 Å². The summed E-state index contributed by atoms with van der Waals surface area (Å²) in [6.07, 6.45) is 72.9. The van der Waals surface area contributed by atoms with E-state index in [0.717, 1.165) is 206 Å². The Bertz CT molecular complexity index is 2250. The van der Waals surface area contributed by atoms with Crippen molar-refractivity contribution < 1.29 is 38.5 Å². The van der Waals surface area contributed by atoms with Gasteiger partial charge in [0, 0.05) is 38.3 Å². The predicted octanol–water partition coefficient (Wildman–Crippen LogP) is 25.5. The second-order valence-corrected chi connectivity index (χ2v) is 31.8. The first-order valence-corrected chi connectivity index (χ1v) is 45.4. The molecule has 2 rings (SSSR count). The highest BCUT2D eigenvalue weighted by Crippen LogP contribution is 2.38. The maximum Gasteiger partial charge on any atom is 0.309 e. The minimum absolute atomic E-state index is 0.0190. The molecule has 5 N–H and O–H groups in total. The van der Waals surface area contributed by atoms with Crippen molar-refractivity contribution in [3.8, 4) is 0 Å². The Kier molecular flexibility index (Phi) is 70.3. The number of aromatic nitrogens is 2. The van der Waals surface area contributed by atoms with Crippen LogP contribution in [-0.2, 0) is 46.2 Å². The monoisotopic (exact) mass is 1490 g/mol. The van der Waals surface area contributed by atoms with Gasteiger partial charge in [-0.2, -0.15) is 0 Å². The van der Waals surface area contributed by atoms with Gasteiger partial charge in [-0.1, -0.05) is 330 Å². The number of nitrogen functional groups attached to an aromatic ring is 2. The van der Waals surface area contributed by atoms with Crippen LogP contribution < -0.4 is 11.5 Å². The quantitative estimate of drug-likeness (QED) is 0.0321. The van der Waals surface area contributed by atoms with Gasteiger partial charge in [0.15, 0.2) is 0 Å². The van der Waals surface area contributed by atoms with E-state index in [2.05, 4.69) is 73.4 Å². The van der Waals surface area contributed by atoms with Gasteiger partial charge in [0.1, 0.15) is 11.6 Å². The number of nitrogens with two attached hydrogens (primary N) is 2. The number of aliphatic carboxylic acids is 1. The summed E-state index contributed by atoms with van der Waals surface area (Å²) in [7, 11) is 0. The number of carboxylic acid groups (broad SMARTS) is 1. The minimum atomic E-state index is -0.548. The lowest BCUT2D eigenvalue weighted by molar-refractivity contribution is -0.151. The molecule has 2 aromatic heterocycles. The number of nitrogens with zero attached hydrogens (tertiary/aromatic N) is 4. The lowest BCUT2D eigenvalue weighted by Gasteiger charge is -2.30. The van der Waals surface area contributed by atoms with E-state index in [4.69, 9.17) is 25.7 Å². The van der Waals surface area contributed by atoms with Crippen molar-refractivity contribution in [2.75, 3.05) is 70.6 Å². The molecule has 2 unspecified atom stereocenters. The standard InChI is InChI=1S/2C46H85N3O4/c1-4-7-10-13-17-23-30-44(50)53-40-29-22-16-15-20-27-37-49(39-33-42-31-32-43(47)48-41-42)38-28-21-19-26-36-46(45(51)52,34-24-12-9-6-3)35-25-18-14-11-8-5-2;1-4-7-10-13-17-24-31-43(30-23-12-9-6-3)46(51)53-40-29-22-20-27-37-49(38-35-42-33-34-44(47)48-41-42)36-26-19-15-16-21-28-39-52-45(50)32-25-18-14-11-8-5-2/h31-32,41H,4-30,33-40H2,1-3H3,(H2,47,48)(H,51,52);33-34,41,43H,4-32,35-40H2,1-3H3,(H2,47,48). The second kappa shape index (κ2) is 74.8. The molecule has 0 amide bonds. The molecule has 0 aliphatic carbocycles. The molecule has 106 heavy (non-hydrogen) atoms. The molecule has 0 bridgehead atoms. The van der Waals surface area contributed by atoms with E-state index in [-0.39, 0.29) is 23.8 Å². The predicted molar refractivity (Wildman–Crippen MR) is 450 cm³/mol. The average molecular weight is 1490 g/mol. The molecule has 0 radical (unpaired) electrons. The number of carbonyl (C=O) groups excluding carboxylic acids is 3. The van der Waals surface area contributed by atoms with E-state index in [1.54, 1.807) is 0 Å². The Morgan fingerprint density at radius 2 is 0.623 bits per heavy atom. The second-order valence-electron chi connectivity index (χ2n) is 31.8. The molecule has 2 atom stereocenters. The molecule has 14 heteroatoms. The molecule has 0 saturated carbocycles. The van der Waals surface area contributed by atoms with Gasteiger partial charge in [-0.25, -0.2) is 9.97 Å². The molecule has 0 aromatic carbocycles. The number of carbonyl (C=O) groups is 4. The van der Waals surface area contributed by atoms with Gasteiger partial charge in [-0.15, -0.1) is 0 Å². The number of pyridine rings is 2. The molecular formula is C92H170N6O8. The number of carboxylic acids is 1. The van der Waals surface area contributed by atoms with Crippen molar-refractivity contribution in [3.05, 3.63) is 47.8 Å². The summed E-state index contributed by atoms with van der Waals surface area (Å²) in [6, 6.07) is 7.97. The number of anilines is 2. The van der Waals surface area contributed by atoms with Gasteiger partial charge in [0.05, 0.1) is 31.2 Å². The number of unbranched alkanes of at least 4 members (excludes halogenated alkanes) is 42. The molecule has 616 valence electrons. The van der Waals surface area contributed by atoms with Gasteiger partial charge in [0.2, 0.25) is 0 Å². The smallest absolute Gasteiger partial charge is 0.309 e. The van der Waals surface area contributed by atoms with Crippen LogP contribution in [0, 0.1) is 11.3 Å². The maximum absolute atomic E-state index is 13.0. The number of ether oxygens (including phenoxy) is 3. The van der Waals surface area contributed by atoms with Crippen LogP contribution >= 0.6 is 0 Å². The summed E-state index contributed by atoms with van der Waals surface area (Å²) in [6.45, 7) is 21.6. The molecule has 0 aliphatic rings. The van der Waals surface area contributed by atoms with Gasteiger partial charge in [-0.3, -0.25) is 19.2 Å². The molecule has 0 aliphatic heterocycles. The Morgan fingerprint density at radius 3 is 0.943 bits per heavy atom. The van der Waals surface area contributed by atoms with Crippen molar-refractivity contribution in [2.45, 2.75) is 433 Å².